The minimum Gasteiger partial charge on any atom is -0.352 e. The van der Waals surface area contributed by atoms with Crippen molar-refractivity contribution in [2.45, 2.75) is 0 Å². The molecule has 1 amide bonds. The number of hydrogen-bond acceptors (Lipinski definition) is 5. The van der Waals surface area contributed by atoms with Crippen LogP contribution in [-0.4, -0.2) is 56.6 Å². The van der Waals surface area contributed by atoms with Crippen molar-refractivity contribution in [3.63, 3.8) is 0 Å². The Balaban J connectivity index is 1.43. The number of fused-ring (bicyclic) bond motifs is 1. The second-order valence-electron chi connectivity index (χ2n) is 7.24. The summed E-state index contributed by atoms with van der Waals surface area (Å²) in [5.74, 6) is 1.37. The number of anilines is 1. The molecule has 1 aliphatic rings. The number of rotatable bonds is 3. The second-order valence-corrected chi connectivity index (χ2v) is 8.08. The van der Waals surface area contributed by atoms with Crippen molar-refractivity contribution in [2.24, 2.45) is 0 Å². The fourth-order valence-corrected chi connectivity index (χ4v) is 4.34. The van der Waals surface area contributed by atoms with Gasteiger partial charge in [0.25, 0.3) is 11.7 Å². The van der Waals surface area contributed by atoms with Gasteiger partial charge in [-0.25, -0.2) is 4.98 Å². The van der Waals surface area contributed by atoms with Gasteiger partial charge in [-0.2, -0.15) is 14.6 Å². The van der Waals surface area contributed by atoms with Crippen LogP contribution in [0.4, 0.5) is 5.82 Å². The lowest BCUT2D eigenvalue weighted by molar-refractivity contribution is 0.0746. The van der Waals surface area contributed by atoms with E-state index in [0.29, 0.717) is 47.6 Å². The Kier molecular flexibility index (Phi) is 5.21. The van der Waals surface area contributed by atoms with E-state index >= 15 is 0 Å². The van der Waals surface area contributed by atoms with E-state index in [1.165, 1.54) is 6.33 Å². The van der Waals surface area contributed by atoms with Crippen LogP contribution in [-0.2, 0) is 0 Å². The van der Waals surface area contributed by atoms with Gasteiger partial charge in [0.15, 0.2) is 0 Å². The minimum absolute atomic E-state index is 0.0924. The molecule has 7 nitrogen and oxygen atoms in total. The topological polar surface area (TPSA) is 66.6 Å². The van der Waals surface area contributed by atoms with Crippen molar-refractivity contribution < 1.29 is 4.79 Å². The molecule has 5 rings (SSSR count). The van der Waals surface area contributed by atoms with Crippen LogP contribution in [0.2, 0.25) is 10.0 Å². The van der Waals surface area contributed by atoms with Gasteiger partial charge in [0.2, 0.25) is 0 Å². The number of hydrogen-bond donors (Lipinski definition) is 0. The lowest BCUT2D eigenvalue weighted by Gasteiger charge is -2.36. The summed E-state index contributed by atoms with van der Waals surface area (Å²) >= 11 is 12.2. The number of amides is 1. The molecule has 0 unspecified atom stereocenters. The largest absolute Gasteiger partial charge is 0.352 e. The molecule has 0 radical (unpaired) electrons. The molecule has 0 saturated carbocycles. The Morgan fingerprint density at radius 1 is 0.935 bits per heavy atom. The smallest absolute Gasteiger partial charge is 0.255 e. The van der Waals surface area contributed by atoms with E-state index in [-0.39, 0.29) is 5.91 Å². The molecule has 31 heavy (non-hydrogen) atoms. The number of halogens is 2. The van der Waals surface area contributed by atoms with E-state index in [0.717, 1.165) is 16.9 Å². The highest BCUT2D eigenvalue weighted by Gasteiger charge is 2.27. The summed E-state index contributed by atoms with van der Waals surface area (Å²) in [5, 5.41) is 5.27. The van der Waals surface area contributed by atoms with Gasteiger partial charge in [-0.3, -0.25) is 4.79 Å². The Morgan fingerprint density at radius 3 is 2.45 bits per heavy atom. The SMILES string of the molecule is O=C(c1ccc(Cl)cc1Cl)N1CCN(c2c(-c3ccccc3)cnc3ncnn23)CC1. The Hall–Kier alpha value is -3.16. The van der Waals surface area contributed by atoms with E-state index < -0.39 is 0 Å². The molecule has 156 valence electrons. The first-order chi connectivity index (χ1) is 15.1. The van der Waals surface area contributed by atoms with Crippen molar-refractivity contribution in [2.75, 3.05) is 31.1 Å². The molecule has 1 aliphatic heterocycles. The van der Waals surface area contributed by atoms with Crippen molar-refractivity contribution in [3.05, 3.63) is 76.7 Å². The molecule has 0 bridgehead atoms. The summed E-state index contributed by atoms with van der Waals surface area (Å²) < 4.78 is 1.76. The normalized spacial score (nSPS) is 14.3. The lowest BCUT2D eigenvalue weighted by Crippen LogP contribution is -2.49. The first kappa shape index (κ1) is 19.8. The Morgan fingerprint density at radius 2 is 1.71 bits per heavy atom. The lowest BCUT2D eigenvalue weighted by atomic mass is 10.1. The fourth-order valence-electron chi connectivity index (χ4n) is 3.85. The summed E-state index contributed by atoms with van der Waals surface area (Å²) in [7, 11) is 0. The van der Waals surface area contributed by atoms with Crippen molar-refractivity contribution in [3.8, 4) is 11.1 Å². The number of aromatic nitrogens is 4. The predicted molar refractivity (Wildman–Crippen MR) is 121 cm³/mol. The fraction of sp³-hybridized carbons (Fsp3) is 0.182. The molecule has 4 aromatic rings. The molecule has 1 saturated heterocycles. The van der Waals surface area contributed by atoms with E-state index in [9.17, 15) is 4.79 Å². The van der Waals surface area contributed by atoms with Crippen LogP contribution >= 0.6 is 23.2 Å². The average molecular weight is 453 g/mol. The summed E-state index contributed by atoms with van der Waals surface area (Å²) in [6.45, 7) is 2.42. The van der Waals surface area contributed by atoms with E-state index in [2.05, 4.69) is 20.0 Å². The van der Waals surface area contributed by atoms with Crippen LogP contribution in [0.15, 0.2) is 61.1 Å². The molecule has 0 aliphatic carbocycles. The number of nitrogens with zero attached hydrogens (tertiary/aromatic N) is 6. The van der Waals surface area contributed by atoms with Gasteiger partial charge in [0.05, 0.1) is 10.6 Å². The summed E-state index contributed by atoms with van der Waals surface area (Å²) in [6.07, 6.45) is 3.34. The zero-order chi connectivity index (χ0) is 21.4. The van der Waals surface area contributed by atoms with Gasteiger partial charge in [-0.1, -0.05) is 53.5 Å². The molecule has 0 N–H and O–H groups in total. The van der Waals surface area contributed by atoms with Crippen molar-refractivity contribution in [1.82, 2.24) is 24.5 Å². The summed E-state index contributed by atoms with van der Waals surface area (Å²) in [4.78, 5) is 25.7. The zero-order valence-corrected chi connectivity index (χ0v) is 18.0. The van der Waals surface area contributed by atoms with E-state index in [1.54, 1.807) is 22.7 Å². The third-order valence-corrected chi connectivity index (χ3v) is 5.94. The molecule has 0 spiro atoms. The highest BCUT2D eigenvalue weighted by atomic mass is 35.5. The van der Waals surface area contributed by atoms with Crippen LogP contribution in [0.1, 0.15) is 10.4 Å². The van der Waals surface area contributed by atoms with E-state index in [1.807, 2.05) is 41.4 Å². The van der Waals surface area contributed by atoms with Gasteiger partial charge in [-0.15, -0.1) is 0 Å². The molecule has 9 heteroatoms. The zero-order valence-electron chi connectivity index (χ0n) is 16.4. The van der Waals surface area contributed by atoms with Crippen molar-refractivity contribution in [1.29, 1.82) is 0 Å². The standard InChI is InChI=1S/C22H18Cl2N6O/c23-16-6-7-17(19(24)12-16)21(31)29-10-8-28(9-11-29)20-18(15-4-2-1-3-5-15)13-25-22-26-14-27-30(20)22/h1-7,12-14H,8-11H2. The van der Waals surface area contributed by atoms with Crippen LogP contribution in [0, 0.1) is 0 Å². The van der Waals surface area contributed by atoms with Gasteiger partial charge in [-0.05, 0) is 23.8 Å². The number of carbonyl (C=O) groups is 1. The highest BCUT2D eigenvalue weighted by molar-refractivity contribution is 6.36. The average Bonchev–Trinajstić information content (AvgIpc) is 3.28. The van der Waals surface area contributed by atoms with Crippen LogP contribution in [0.3, 0.4) is 0 Å². The first-order valence-electron chi connectivity index (χ1n) is 9.85. The molecule has 2 aromatic heterocycles. The number of piperazine rings is 1. The monoisotopic (exact) mass is 452 g/mol. The molecule has 0 atom stereocenters. The number of benzene rings is 2. The minimum atomic E-state index is -0.0924. The Bertz CT molecular complexity index is 1250. The number of carbonyl (C=O) groups excluding carboxylic acids is 1. The van der Waals surface area contributed by atoms with Gasteiger partial charge >= 0.3 is 0 Å². The quantitative estimate of drug-likeness (QED) is 0.468. The molecule has 3 heterocycles. The summed E-state index contributed by atoms with van der Waals surface area (Å²) in [5.41, 5.74) is 2.49. The third kappa shape index (κ3) is 3.71. The highest BCUT2D eigenvalue weighted by Crippen LogP contribution is 2.31. The van der Waals surface area contributed by atoms with Gasteiger partial charge < -0.3 is 9.80 Å². The molecule has 1 fully saturated rings. The maximum Gasteiger partial charge on any atom is 0.255 e. The first-order valence-corrected chi connectivity index (χ1v) is 10.6. The van der Waals surface area contributed by atoms with Gasteiger partial charge in [0.1, 0.15) is 12.1 Å². The summed E-state index contributed by atoms with van der Waals surface area (Å²) in [6, 6.07) is 15.0. The van der Waals surface area contributed by atoms with Crippen molar-refractivity contribution >= 4 is 40.7 Å². The second kappa shape index (κ2) is 8.17. The third-order valence-electron chi connectivity index (χ3n) is 5.39. The Labute approximate surface area is 188 Å². The molecule has 2 aromatic carbocycles. The van der Waals surface area contributed by atoms with Gasteiger partial charge in [0, 0.05) is 43.0 Å². The van der Waals surface area contributed by atoms with Crippen LogP contribution < -0.4 is 4.90 Å². The predicted octanol–water partition coefficient (Wildman–Crippen LogP) is 4.06. The van der Waals surface area contributed by atoms with E-state index in [4.69, 9.17) is 23.2 Å². The van der Waals surface area contributed by atoms with Crippen LogP contribution in [0.5, 0.6) is 0 Å². The maximum atomic E-state index is 13.0. The van der Waals surface area contributed by atoms with Crippen LogP contribution in [0.25, 0.3) is 16.9 Å². The molecular weight excluding hydrogens is 435 g/mol. The maximum absolute atomic E-state index is 13.0. The molecular formula is C22H18Cl2N6O.